The van der Waals surface area contributed by atoms with Crippen molar-refractivity contribution in [2.75, 3.05) is 52.9 Å². The molecule has 0 aromatic carbocycles. The van der Waals surface area contributed by atoms with Crippen molar-refractivity contribution in [2.24, 2.45) is 0 Å². The standard InChI is InChI=1S/4C2H8O7P2.4Na/c4*3-9-11(6)8-2-1-7-10(4)5;;;;/h4*3,10-11H,1-2H2,(H,4,5);;;;/q;;;;4*+1/p-4. The molecule has 8 unspecified atom stereocenters. The molecule has 0 aliphatic rings. The normalized spacial score (nSPS) is 14.8. The van der Waals surface area contributed by atoms with E-state index in [9.17, 15) is 56.1 Å². The van der Waals surface area contributed by atoms with Gasteiger partial charge in [0.15, 0.2) is 0 Å². The minimum absolute atomic E-state index is 0. The van der Waals surface area contributed by atoms with Crippen molar-refractivity contribution in [2.45, 2.75) is 0 Å². The van der Waals surface area contributed by atoms with E-state index in [-0.39, 0.29) is 171 Å². The van der Waals surface area contributed by atoms with E-state index < -0.39 is 66.0 Å². The van der Waals surface area contributed by atoms with E-state index in [1.807, 2.05) is 0 Å². The number of hydrogen-bond acceptors (Lipinski definition) is 28. The predicted octanol–water partition coefficient (Wildman–Crippen LogP) is -13.4. The number of rotatable bonds is 24. The molecule has 40 heteroatoms. The molecule has 0 aliphatic carbocycles. The van der Waals surface area contributed by atoms with Crippen LogP contribution in [0.15, 0.2) is 0 Å². The van der Waals surface area contributed by atoms with E-state index in [1.54, 1.807) is 0 Å². The molecule has 0 fully saturated rings. The van der Waals surface area contributed by atoms with Gasteiger partial charge in [0.25, 0.3) is 0 Å². The summed E-state index contributed by atoms with van der Waals surface area (Å²) in [5, 5.41) is 30.8. The van der Waals surface area contributed by atoms with E-state index in [2.05, 4.69) is 54.9 Å². The molecule has 4 N–H and O–H groups in total. The van der Waals surface area contributed by atoms with Crippen LogP contribution in [-0.4, -0.2) is 73.9 Å². The molecule has 8 atom stereocenters. The van der Waals surface area contributed by atoms with Crippen molar-refractivity contribution in [3.63, 3.8) is 0 Å². The number of hydrogen-bond donors (Lipinski definition) is 4. The first-order chi connectivity index (χ1) is 20.7. The molecule has 0 aliphatic heterocycles. The third-order valence-electron chi connectivity index (χ3n) is 2.39. The maximum Gasteiger partial charge on any atom is 1.00 e. The molecule has 28 nitrogen and oxygen atoms in total. The fraction of sp³-hybridized carbons (Fsp3) is 1.00. The van der Waals surface area contributed by atoms with Gasteiger partial charge in [0.2, 0.25) is 0 Å². The first-order valence-electron chi connectivity index (χ1n) is 9.94. The summed E-state index contributed by atoms with van der Waals surface area (Å²) in [6.07, 6.45) is 0. The van der Waals surface area contributed by atoms with E-state index in [0.717, 1.165) is 0 Å². The molecule has 0 bridgehead atoms. The van der Waals surface area contributed by atoms with E-state index >= 15 is 0 Å². The Bertz CT molecular complexity index is 737. The van der Waals surface area contributed by atoms with Crippen LogP contribution < -0.4 is 138 Å². The van der Waals surface area contributed by atoms with Crippen LogP contribution in [0.2, 0.25) is 0 Å². The van der Waals surface area contributed by atoms with Crippen LogP contribution in [0.4, 0.5) is 0 Å². The van der Waals surface area contributed by atoms with Gasteiger partial charge in [-0.1, -0.05) is 0 Å². The zero-order valence-corrected chi connectivity index (χ0v) is 41.2. The molecule has 0 rings (SSSR count). The van der Waals surface area contributed by atoms with Gasteiger partial charge in [-0.15, -0.1) is 0 Å². The Balaban J connectivity index is -0.0000000721. The van der Waals surface area contributed by atoms with Crippen molar-refractivity contribution in [1.29, 1.82) is 0 Å². The predicted molar refractivity (Wildman–Crippen MR) is 134 cm³/mol. The quantitative estimate of drug-likeness (QED) is 0.0230. The van der Waals surface area contributed by atoms with Crippen LogP contribution in [0.25, 0.3) is 0 Å². The summed E-state index contributed by atoms with van der Waals surface area (Å²) < 4.78 is 126. The molecule has 0 aromatic rings. The van der Waals surface area contributed by atoms with Gasteiger partial charge in [-0.25, -0.2) is 21.0 Å². The van der Waals surface area contributed by atoms with Gasteiger partial charge in [0, 0.05) is 0 Å². The summed E-state index contributed by atoms with van der Waals surface area (Å²) in [6, 6.07) is 0. The Morgan fingerprint density at radius 3 is 0.542 bits per heavy atom. The minimum Gasteiger partial charge on any atom is -0.781 e. The second-order valence-corrected chi connectivity index (χ2v) is 12.2. The summed E-state index contributed by atoms with van der Waals surface area (Å²) in [5.74, 6) is 0. The summed E-state index contributed by atoms with van der Waals surface area (Å²) in [4.78, 5) is 39.0. The van der Waals surface area contributed by atoms with E-state index in [0.29, 0.717) is 0 Å². The molecule has 0 saturated heterocycles. The van der Waals surface area contributed by atoms with Gasteiger partial charge in [-0.3, -0.25) is 18.3 Å². The molecular formula is C8H28Na4O28P8. The maximum atomic E-state index is 10.1. The average molecular weight is 912 g/mol. The summed E-state index contributed by atoms with van der Waals surface area (Å²) in [7, 11) is -24.4. The molecule has 0 heterocycles. The van der Waals surface area contributed by atoms with Crippen molar-refractivity contribution in [3.8, 4) is 0 Å². The van der Waals surface area contributed by atoms with Crippen LogP contribution >= 0.6 is 66.0 Å². The smallest absolute Gasteiger partial charge is 0.781 e. The Morgan fingerprint density at radius 2 is 0.438 bits per heavy atom. The van der Waals surface area contributed by atoms with E-state index in [1.165, 1.54) is 0 Å². The Kier molecular flexibility index (Phi) is 83.2. The third-order valence-corrected chi connectivity index (χ3v) is 6.51. The fourth-order valence-corrected chi connectivity index (χ4v) is 3.32. The fourth-order valence-electron chi connectivity index (χ4n) is 1.11. The first-order valence-corrected chi connectivity index (χ1v) is 19.7. The third kappa shape index (κ3) is 75.9. The molecule has 0 aromatic heterocycles. The van der Waals surface area contributed by atoms with Gasteiger partial charge in [0.1, 0.15) is 33.0 Å². The van der Waals surface area contributed by atoms with Crippen molar-refractivity contribution in [3.05, 3.63) is 0 Å². The van der Waals surface area contributed by atoms with E-state index in [4.69, 9.17) is 21.0 Å². The van der Waals surface area contributed by atoms with Gasteiger partial charge >= 0.3 is 151 Å². The van der Waals surface area contributed by atoms with Crippen LogP contribution in [0.3, 0.4) is 0 Å². The molecule has 0 spiro atoms. The molecule has 272 valence electrons. The minimum atomic E-state index is -3.21. The van der Waals surface area contributed by atoms with Crippen LogP contribution in [0.5, 0.6) is 0 Å². The zero-order chi connectivity index (χ0) is 34.8. The zero-order valence-electron chi connectivity index (χ0n) is 25.2. The molecule has 0 amide bonds. The second-order valence-electron chi connectivity index (χ2n) is 5.15. The van der Waals surface area contributed by atoms with Gasteiger partial charge in [-0.05, 0) is 0 Å². The average Bonchev–Trinajstić information content (AvgIpc) is 2.97. The van der Waals surface area contributed by atoms with Crippen molar-refractivity contribution >= 4 is 66.0 Å². The molecule has 0 radical (unpaired) electrons. The summed E-state index contributed by atoms with van der Waals surface area (Å²) in [5.41, 5.74) is 0. The van der Waals surface area contributed by atoms with Crippen molar-refractivity contribution < 1.29 is 250 Å². The summed E-state index contributed by atoms with van der Waals surface area (Å²) >= 11 is 0. The molecule has 0 saturated carbocycles. The largest absolute Gasteiger partial charge is 1.00 e. The Morgan fingerprint density at radius 1 is 0.312 bits per heavy atom. The first kappa shape index (κ1) is 70.8. The monoisotopic (exact) mass is 912 g/mol. The SMILES string of the molecule is O=[PH]([O-])OCCO[PH](=O)OO.O=[PH]([O-])OCCO[PH](=O)OO.O=[PH]([O-])OCCO[PH](=O)OO.O=[PH]([O-])OCCO[PH](=O)OO.[Na+].[Na+].[Na+].[Na+]. The molecular weight excluding hydrogens is 884 g/mol. The maximum absolute atomic E-state index is 10.1. The van der Waals surface area contributed by atoms with Crippen LogP contribution in [0, 0.1) is 0 Å². The van der Waals surface area contributed by atoms with Crippen LogP contribution in [-0.2, 0) is 91.4 Å². The second kappa shape index (κ2) is 56.4. The van der Waals surface area contributed by atoms with Crippen molar-refractivity contribution in [1.82, 2.24) is 0 Å². The van der Waals surface area contributed by atoms with Gasteiger partial charge in [-0.2, -0.15) is 18.7 Å². The molecule has 48 heavy (non-hydrogen) atoms. The topological polar surface area (TPSA) is 420 Å². The van der Waals surface area contributed by atoms with Gasteiger partial charge in [0.05, 0.1) is 52.9 Å². The summed E-state index contributed by atoms with van der Waals surface area (Å²) in [6.45, 7) is -1.79. The Labute approximate surface area is 364 Å². The van der Waals surface area contributed by atoms with Gasteiger partial charge < -0.3 is 74.0 Å². The van der Waals surface area contributed by atoms with Crippen LogP contribution in [0.1, 0.15) is 0 Å². The Hall–Kier alpha value is 5.04.